The van der Waals surface area contributed by atoms with Gasteiger partial charge in [0.25, 0.3) is 0 Å². The van der Waals surface area contributed by atoms with E-state index >= 15 is 0 Å². The van der Waals surface area contributed by atoms with E-state index in [0.29, 0.717) is 18.7 Å². The molecule has 0 saturated carbocycles. The van der Waals surface area contributed by atoms with Crippen molar-refractivity contribution in [3.8, 4) is 0 Å². The van der Waals surface area contributed by atoms with Gasteiger partial charge in [-0.05, 0) is 42.8 Å². The number of cyclic esters (lactones) is 1. The van der Waals surface area contributed by atoms with Gasteiger partial charge in [-0.1, -0.05) is 6.07 Å². The third kappa shape index (κ3) is 3.40. The van der Waals surface area contributed by atoms with E-state index in [-0.39, 0.29) is 17.9 Å². The number of halogens is 1. The first-order valence-corrected chi connectivity index (χ1v) is 7.96. The lowest BCUT2D eigenvalue weighted by Crippen LogP contribution is -2.25. The van der Waals surface area contributed by atoms with Gasteiger partial charge in [0.1, 0.15) is 6.61 Å². The van der Waals surface area contributed by atoms with E-state index < -0.39 is 6.10 Å². The Morgan fingerprint density at radius 2 is 2.08 bits per heavy atom. The zero-order valence-electron chi connectivity index (χ0n) is 13.5. The Kier molecular flexibility index (Phi) is 4.80. The van der Waals surface area contributed by atoms with E-state index in [1.54, 1.807) is 24.5 Å². The van der Waals surface area contributed by atoms with E-state index in [0.717, 1.165) is 22.3 Å². The maximum Gasteiger partial charge on any atom is 0.338 e. The Bertz CT molecular complexity index is 764. The summed E-state index contributed by atoms with van der Waals surface area (Å²) in [4.78, 5) is 21.5. The molecule has 126 valence electrons. The third-order valence-electron chi connectivity index (χ3n) is 4.18. The lowest BCUT2D eigenvalue weighted by Gasteiger charge is -2.22. The second kappa shape index (κ2) is 6.84. The minimum Gasteiger partial charge on any atom is -0.457 e. The molecule has 1 N–H and O–H groups in total. The fraction of sp³-hybridized carbons (Fsp3) is 0.353. The molecule has 2 aromatic rings. The first-order chi connectivity index (χ1) is 11.5. The van der Waals surface area contributed by atoms with E-state index in [2.05, 4.69) is 9.97 Å². The average Bonchev–Trinajstić information content (AvgIpc) is 2.92. The van der Waals surface area contributed by atoms with Crippen LogP contribution < -0.4 is 0 Å². The van der Waals surface area contributed by atoms with Gasteiger partial charge in [-0.25, -0.2) is 14.8 Å². The SMILES string of the molecule is Cc1c(C(O)CN(C)Cc2cnc(Cl)nc2)ccc2c1COC2=O. The Morgan fingerprint density at radius 3 is 2.79 bits per heavy atom. The molecule has 1 aromatic heterocycles. The molecular formula is C17H18ClN3O3. The molecule has 0 saturated heterocycles. The van der Waals surface area contributed by atoms with Crippen LogP contribution in [0.25, 0.3) is 0 Å². The number of likely N-dealkylation sites (N-methyl/N-ethyl adjacent to an activating group) is 1. The first kappa shape index (κ1) is 16.8. The van der Waals surface area contributed by atoms with Gasteiger partial charge in [0.2, 0.25) is 5.28 Å². The summed E-state index contributed by atoms with van der Waals surface area (Å²) in [6, 6.07) is 3.52. The fourth-order valence-corrected chi connectivity index (χ4v) is 3.02. The maximum atomic E-state index is 11.6. The Morgan fingerprint density at radius 1 is 1.38 bits per heavy atom. The number of benzene rings is 1. The van der Waals surface area contributed by atoms with Gasteiger partial charge in [-0.2, -0.15) is 0 Å². The van der Waals surface area contributed by atoms with Crippen molar-refractivity contribution in [2.45, 2.75) is 26.2 Å². The minimum atomic E-state index is -0.663. The normalized spacial score (nSPS) is 14.6. The van der Waals surface area contributed by atoms with Crippen LogP contribution in [0.3, 0.4) is 0 Å². The van der Waals surface area contributed by atoms with Gasteiger partial charge in [-0.15, -0.1) is 0 Å². The molecule has 3 rings (SSSR count). The predicted octanol–water partition coefficient (Wildman–Crippen LogP) is 2.27. The molecule has 0 fully saturated rings. The van der Waals surface area contributed by atoms with Crippen LogP contribution in [0, 0.1) is 6.92 Å². The average molecular weight is 348 g/mol. The first-order valence-electron chi connectivity index (χ1n) is 7.58. The number of esters is 1. The molecule has 0 amide bonds. The number of rotatable bonds is 5. The number of aliphatic hydroxyl groups is 1. The van der Waals surface area contributed by atoms with Crippen LogP contribution in [0.5, 0.6) is 0 Å². The second-order valence-corrected chi connectivity index (χ2v) is 6.29. The van der Waals surface area contributed by atoms with Crippen molar-refractivity contribution in [3.05, 3.63) is 57.6 Å². The highest BCUT2D eigenvalue weighted by atomic mass is 35.5. The van der Waals surface area contributed by atoms with Crippen molar-refractivity contribution in [1.29, 1.82) is 0 Å². The summed E-state index contributed by atoms with van der Waals surface area (Å²) in [5, 5.41) is 10.8. The van der Waals surface area contributed by atoms with E-state index in [1.165, 1.54) is 0 Å². The summed E-state index contributed by atoms with van der Waals surface area (Å²) in [5.41, 5.74) is 4.10. The van der Waals surface area contributed by atoms with Gasteiger partial charge in [0.05, 0.1) is 11.7 Å². The summed E-state index contributed by atoms with van der Waals surface area (Å²) in [6.45, 7) is 3.22. The van der Waals surface area contributed by atoms with Crippen molar-refractivity contribution < 1.29 is 14.6 Å². The number of carbonyl (C=O) groups excluding carboxylic acids is 1. The van der Waals surface area contributed by atoms with Crippen molar-refractivity contribution in [1.82, 2.24) is 14.9 Å². The number of nitrogens with zero attached hydrogens (tertiary/aromatic N) is 3. The standard InChI is InChI=1S/C17H18ClN3O3/c1-10-12(3-4-13-14(10)9-24-16(13)23)15(22)8-21(2)7-11-5-19-17(18)20-6-11/h3-6,15,22H,7-9H2,1-2H3. The highest BCUT2D eigenvalue weighted by molar-refractivity contribution is 6.28. The molecule has 0 bridgehead atoms. The van der Waals surface area contributed by atoms with Crippen molar-refractivity contribution in [2.24, 2.45) is 0 Å². The molecule has 2 heterocycles. The molecular weight excluding hydrogens is 330 g/mol. The number of hydrogen-bond donors (Lipinski definition) is 1. The monoisotopic (exact) mass is 347 g/mol. The lowest BCUT2D eigenvalue weighted by atomic mass is 9.95. The van der Waals surface area contributed by atoms with Gasteiger partial charge in [0.15, 0.2) is 0 Å². The highest BCUT2D eigenvalue weighted by Crippen LogP contribution is 2.29. The Labute approximate surface area is 145 Å². The quantitative estimate of drug-likeness (QED) is 0.660. The zero-order chi connectivity index (χ0) is 17.3. The lowest BCUT2D eigenvalue weighted by molar-refractivity contribution is 0.0535. The number of carbonyl (C=O) groups is 1. The maximum absolute atomic E-state index is 11.6. The van der Waals surface area contributed by atoms with Crippen molar-refractivity contribution in [2.75, 3.05) is 13.6 Å². The summed E-state index contributed by atoms with van der Waals surface area (Å²) in [5.74, 6) is -0.297. The Balaban J connectivity index is 1.69. The molecule has 1 unspecified atom stereocenters. The number of aromatic nitrogens is 2. The molecule has 1 aliphatic rings. The largest absolute Gasteiger partial charge is 0.457 e. The van der Waals surface area contributed by atoms with Crippen LogP contribution in [0.2, 0.25) is 5.28 Å². The number of hydrogen-bond acceptors (Lipinski definition) is 6. The molecule has 1 atom stereocenters. The van der Waals surface area contributed by atoms with Crippen LogP contribution in [0.15, 0.2) is 24.5 Å². The van der Waals surface area contributed by atoms with E-state index in [4.69, 9.17) is 16.3 Å². The molecule has 1 aromatic carbocycles. The molecule has 0 spiro atoms. The van der Waals surface area contributed by atoms with Crippen molar-refractivity contribution in [3.63, 3.8) is 0 Å². The summed E-state index contributed by atoms with van der Waals surface area (Å²) >= 11 is 5.68. The molecule has 24 heavy (non-hydrogen) atoms. The van der Waals surface area contributed by atoms with E-state index in [9.17, 15) is 9.90 Å². The Hall–Kier alpha value is -2.02. The summed E-state index contributed by atoms with van der Waals surface area (Å²) in [6.07, 6.45) is 2.67. The van der Waals surface area contributed by atoms with Gasteiger partial charge in [0, 0.05) is 36.6 Å². The zero-order valence-corrected chi connectivity index (χ0v) is 14.2. The highest BCUT2D eigenvalue weighted by Gasteiger charge is 2.25. The third-order valence-corrected chi connectivity index (χ3v) is 4.37. The summed E-state index contributed by atoms with van der Waals surface area (Å²) in [7, 11) is 1.91. The topological polar surface area (TPSA) is 75.6 Å². The molecule has 0 aliphatic carbocycles. The van der Waals surface area contributed by atoms with Gasteiger partial charge < -0.3 is 9.84 Å². The molecule has 6 nitrogen and oxygen atoms in total. The smallest absolute Gasteiger partial charge is 0.338 e. The number of fused-ring (bicyclic) bond motifs is 1. The second-order valence-electron chi connectivity index (χ2n) is 5.95. The van der Waals surface area contributed by atoms with E-state index in [1.807, 2.05) is 18.9 Å². The molecule has 7 heteroatoms. The molecule has 0 radical (unpaired) electrons. The van der Waals surface area contributed by atoms with Gasteiger partial charge in [-0.3, -0.25) is 4.90 Å². The van der Waals surface area contributed by atoms with Crippen LogP contribution in [0.4, 0.5) is 0 Å². The van der Waals surface area contributed by atoms with Crippen LogP contribution >= 0.6 is 11.6 Å². The fourth-order valence-electron chi connectivity index (χ4n) is 2.92. The van der Waals surface area contributed by atoms with Crippen molar-refractivity contribution >= 4 is 17.6 Å². The van der Waals surface area contributed by atoms with Crippen LogP contribution in [0.1, 0.15) is 38.7 Å². The number of ether oxygens (including phenoxy) is 1. The predicted molar refractivity (Wildman–Crippen MR) is 88.6 cm³/mol. The van der Waals surface area contributed by atoms with Crippen LogP contribution in [-0.4, -0.2) is 39.5 Å². The number of aliphatic hydroxyl groups excluding tert-OH is 1. The summed E-state index contributed by atoms with van der Waals surface area (Å²) < 4.78 is 5.05. The van der Waals surface area contributed by atoms with Crippen LogP contribution in [-0.2, 0) is 17.9 Å². The van der Waals surface area contributed by atoms with Gasteiger partial charge >= 0.3 is 5.97 Å². The minimum absolute atomic E-state index is 0.215. The molecule has 1 aliphatic heterocycles.